The van der Waals surface area contributed by atoms with Crippen LogP contribution in [0, 0.1) is 11.8 Å². The Balaban J connectivity index is 1.60. The van der Waals surface area contributed by atoms with E-state index in [1.54, 1.807) is 25.3 Å². The predicted octanol–water partition coefficient (Wildman–Crippen LogP) is 3.34. The highest BCUT2D eigenvalue weighted by Crippen LogP contribution is 2.21. The van der Waals surface area contributed by atoms with Gasteiger partial charge in [0.1, 0.15) is 5.65 Å². The first-order valence-electron chi connectivity index (χ1n) is 8.51. The normalized spacial score (nSPS) is 10.1. The number of pyridine rings is 1. The van der Waals surface area contributed by atoms with Crippen LogP contribution in [0.2, 0.25) is 5.02 Å². The number of carbonyl (C=O) groups is 1. The molecule has 0 atom stereocenters. The predicted molar refractivity (Wildman–Crippen MR) is 116 cm³/mol. The van der Waals surface area contributed by atoms with Crippen LogP contribution in [0.3, 0.4) is 0 Å². The minimum atomic E-state index is -0.389. The molecule has 6 nitrogen and oxygen atoms in total. The number of nitrogens with one attached hydrogen (secondary N) is 4. The SMILES string of the molecule is CC#CC(=O)Nc1cc(Cl)ccc1CNC(=S)NCc1ccnc2[nH]ccc12. The molecule has 142 valence electrons. The van der Waals surface area contributed by atoms with Crippen LogP contribution < -0.4 is 16.0 Å². The first-order valence-corrected chi connectivity index (χ1v) is 9.30. The summed E-state index contributed by atoms with van der Waals surface area (Å²) in [4.78, 5) is 19.1. The Morgan fingerprint density at radius 1 is 1.21 bits per heavy atom. The van der Waals surface area contributed by atoms with Crippen molar-refractivity contribution >= 4 is 51.6 Å². The van der Waals surface area contributed by atoms with Gasteiger partial charge in [0, 0.05) is 41.6 Å². The summed E-state index contributed by atoms with van der Waals surface area (Å²) < 4.78 is 0. The van der Waals surface area contributed by atoms with Crippen LogP contribution >= 0.6 is 23.8 Å². The average molecular weight is 412 g/mol. The van der Waals surface area contributed by atoms with Gasteiger partial charge >= 0.3 is 0 Å². The van der Waals surface area contributed by atoms with Crippen molar-refractivity contribution < 1.29 is 4.79 Å². The third-order valence-corrected chi connectivity index (χ3v) is 4.51. The van der Waals surface area contributed by atoms with Crippen LogP contribution in [-0.2, 0) is 17.9 Å². The standard InChI is InChI=1S/C20H18ClN5OS/c1-2-3-18(27)26-17-10-15(21)5-4-14(17)12-25-20(28)24-11-13-6-8-22-19-16(13)7-9-23-19/h4-10H,11-12H2,1H3,(H,22,23)(H,26,27)(H2,24,25,28). The van der Waals surface area contributed by atoms with Crippen molar-refractivity contribution in [3.8, 4) is 11.8 Å². The smallest absolute Gasteiger partial charge is 0.300 e. The lowest BCUT2D eigenvalue weighted by Gasteiger charge is -2.14. The number of benzene rings is 1. The summed E-state index contributed by atoms with van der Waals surface area (Å²) in [5.74, 6) is 4.62. The summed E-state index contributed by atoms with van der Waals surface area (Å²) in [6, 6.07) is 9.21. The molecule has 0 unspecified atom stereocenters. The third kappa shape index (κ3) is 5.00. The number of amides is 1. The molecule has 2 aromatic heterocycles. The molecule has 0 bridgehead atoms. The van der Waals surface area contributed by atoms with E-state index in [9.17, 15) is 4.79 Å². The highest BCUT2D eigenvalue weighted by atomic mass is 35.5. The van der Waals surface area contributed by atoms with Gasteiger partial charge in [-0.15, -0.1) is 0 Å². The van der Waals surface area contributed by atoms with E-state index in [0.29, 0.717) is 28.9 Å². The van der Waals surface area contributed by atoms with Gasteiger partial charge in [0.05, 0.1) is 0 Å². The molecule has 0 aliphatic carbocycles. The zero-order chi connectivity index (χ0) is 19.9. The molecular weight excluding hydrogens is 394 g/mol. The Bertz CT molecular complexity index is 1080. The average Bonchev–Trinajstić information content (AvgIpc) is 3.15. The Labute approximate surface area is 173 Å². The molecule has 8 heteroatoms. The minimum Gasteiger partial charge on any atom is -0.359 e. The molecule has 0 spiro atoms. The van der Waals surface area contributed by atoms with Crippen LogP contribution in [0.5, 0.6) is 0 Å². The van der Waals surface area contributed by atoms with Crippen LogP contribution in [0.25, 0.3) is 11.0 Å². The Kier molecular flexibility index (Phi) is 6.48. The largest absolute Gasteiger partial charge is 0.359 e. The lowest BCUT2D eigenvalue weighted by atomic mass is 10.1. The molecule has 0 fully saturated rings. The number of halogens is 1. The lowest BCUT2D eigenvalue weighted by Crippen LogP contribution is -2.34. The van der Waals surface area contributed by atoms with Crippen molar-refractivity contribution in [1.82, 2.24) is 20.6 Å². The molecular formula is C20H18ClN5OS. The number of fused-ring (bicyclic) bond motifs is 1. The Morgan fingerprint density at radius 3 is 2.79 bits per heavy atom. The molecule has 4 N–H and O–H groups in total. The summed E-state index contributed by atoms with van der Waals surface area (Å²) >= 11 is 11.4. The van der Waals surface area contributed by atoms with Crippen molar-refractivity contribution in [1.29, 1.82) is 0 Å². The van der Waals surface area contributed by atoms with Gasteiger partial charge in [-0.05, 0) is 60.5 Å². The molecule has 0 radical (unpaired) electrons. The quantitative estimate of drug-likeness (QED) is 0.382. The van der Waals surface area contributed by atoms with E-state index in [2.05, 4.69) is 37.8 Å². The molecule has 0 aliphatic heterocycles. The second-order valence-electron chi connectivity index (χ2n) is 5.88. The monoisotopic (exact) mass is 411 g/mol. The second-order valence-corrected chi connectivity index (χ2v) is 6.72. The third-order valence-electron chi connectivity index (χ3n) is 3.99. The number of rotatable bonds is 5. The fraction of sp³-hybridized carbons (Fsp3) is 0.150. The van der Waals surface area contributed by atoms with E-state index in [-0.39, 0.29) is 5.91 Å². The number of hydrogen-bond donors (Lipinski definition) is 4. The molecule has 0 saturated carbocycles. The number of aromatic amines is 1. The van der Waals surface area contributed by atoms with E-state index < -0.39 is 0 Å². The van der Waals surface area contributed by atoms with E-state index in [0.717, 1.165) is 22.2 Å². The molecule has 1 aromatic carbocycles. The number of nitrogens with zero attached hydrogens (tertiary/aromatic N) is 1. The minimum absolute atomic E-state index is 0.389. The van der Waals surface area contributed by atoms with Crippen molar-refractivity contribution in [3.05, 3.63) is 58.9 Å². The van der Waals surface area contributed by atoms with Gasteiger partial charge in [-0.3, -0.25) is 4.79 Å². The van der Waals surface area contributed by atoms with Gasteiger partial charge in [-0.25, -0.2) is 4.98 Å². The Hall–Kier alpha value is -3.08. The molecule has 3 aromatic rings. The van der Waals surface area contributed by atoms with Crippen molar-refractivity contribution in [3.63, 3.8) is 0 Å². The highest BCUT2D eigenvalue weighted by Gasteiger charge is 2.08. The number of hydrogen-bond acceptors (Lipinski definition) is 3. The molecule has 28 heavy (non-hydrogen) atoms. The topological polar surface area (TPSA) is 81.8 Å². The van der Waals surface area contributed by atoms with Gasteiger partial charge < -0.3 is 20.9 Å². The maximum absolute atomic E-state index is 11.8. The summed E-state index contributed by atoms with van der Waals surface area (Å²) in [5.41, 5.74) is 3.37. The van der Waals surface area contributed by atoms with Crippen molar-refractivity contribution in [2.45, 2.75) is 20.0 Å². The van der Waals surface area contributed by atoms with Gasteiger partial charge in [-0.1, -0.05) is 23.6 Å². The summed E-state index contributed by atoms with van der Waals surface area (Å²) in [6.45, 7) is 2.60. The van der Waals surface area contributed by atoms with E-state index in [1.165, 1.54) is 0 Å². The maximum atomic E-state index is 11.8. The Morgan fingerprint density at radius 2 is 2.00 bits per heavy atom. The fourth-order valence-corrected chi connectivity index (χ4v) is 2.99. The summed E-state index contributed by atoms with van der Waals surface area (Å²) in [6.07, 6.45) is 3.62. The van der Waals surface area contributed by atoms with E-state index >= 15 is 0 Å². The maximum Gasteiger partial charge on any atom is 0.300 e. The van der Waals surface area contributed by atoms with Crippen LogP contribution in [-0.4, -0.2) is 21.0 Å². The van der Waals surface area contributed by atoms with Gasteiger partial charge in [0.25, 0.3) is 5.91 Å². The molecule has 1 amide bonds. The van der Waals surface area contributed by atoms with Gasteiger partial charge in [0.2, 0.25) is 0 Å². The number of anilines is 1. The van der Waals surface area contributed by atoms with Gasteiger partial charge in [0.15, 0.2) is 5.11 Å². The second kappa shape index (κ2) is 9.22. The summed E-state index contributed by atoms with van der Waals surface area (Å²) in [5, 5.41) is 11.1. The van der Waals surface area contributed by atoms with Crippen molar-refractivity contribution in [2.75, 3.05) is 5.32 Å². The zero-order valence-corrected chi connectivity index (χ0v) is 16.7. The van der Waals surface area contributed by atoms with E-state index in [1.807, 2.05) is 24.4 Å². The van der Waals surface area contributed by atoms with Crippen LogP contribution in [0.4, 0.5) is 5.69 Å². The molecule has 2 heterocycles. The molecule has 0 aliphatic rings. The number of thiocarbonyl (C=S) groups is 1. The molecule has 0 saturated heterocycles. The van der Waals surface area contributed by atoms with Crippen molar-refractivity contribution in [2.24, 2.45) is 0 Å². The first kappa shape index (κ1) is 19.7. The lowest BCUT2D eigenvalue weighted by molar-refractivity contribution is -0.111. The fourth-order valence-electron chi connectivity index (χ4n) is 2.67. The van der Waals surface area contributed by atoms with E-state index in [4.69, 9.17) is 23.8 Å². The van der Waals surface area contributed by atoms with Gasteiger partial charge in [-0.2, -0.15) is 0 Å². The zero-order valence-electron chi connectivity index (χ0n) is 15.1. The summed E-state index contributed by atoms with van der Waals surface area (Å²) in [7, 11) is 0. The first-order chi connectivity index (χ1) is 13.6. The number of carbonyl (C=O) groups excluding carboxylic acids is 1. The van der Waals surface area contributed by atoms with Crippen LogP contribution in [0.1, 0.15) is 18.1 Å². The number of aromatic nitrogens is 2. The molecule has 3 rings (SSSR count). The highest BCUT2D eigenvalue weighted by molar-refractivity contribution is 7.80. The number of H-pyrrole nitrogens is 1. The van der Waals surface area contributed by atoms with Crippen LogP contribution in [0.15, 0.2) is 42.7 Å².